The van der Waals surface area contributed by atoms with Gasteiger partial charge in [-0.3, -0.25) is 0 Å². The van der Waals surface area contributed by atoms with Crippen molar-refractivity contribution in [1.82, 2.24) is 9.97 Å². The minimum absolute atomic E-state index is 0.604. The fourth-order valence-corrected chi connectivity index (χ4v) is 1.67. The van der Waals surface area contributed by atoms with Gasteiger partial charge in [-0.1, -0.05) is 12.1 Å². The lowest BCUT2D eigenvalue weighted by atomic mass is 9.87. The van der Waals surface area contributed by atoms with Crippen LogP contribution in [0.25, 0.3) is 0 Å². The van der Waals surface area contributed by atoms with Crippen molar-refractivity contribution in [1.29, 1.82) is 0 Å². The van der Waals surface area contributed by atoms with Crippen LogP contribution in [0.15, 0.2) is 43.0 Å². The van der Waals surface area contributed by atoms with Crippen LogP contribution in [0, 0.1) is 0 Å². The molecule has 17 heavy (non-hydrogen) atoms. The molecule has 2 rings (SSSR count). The highest BCUT2D eigenvalue weighted by molar-refractivity contribution is 5.37. The van der Waals surface area contributed by atoms with E-state index < -0.39 is 5.54 Å². The number of nitrogens with two attached hydrogens (primary N) is 1. The van der Waals surface area contributed by atoms with Crippen molar-refractivity contribution in [3.63, 3.8) is 0 Å². The summed E-state index contributed by atoms with van der Waals surface area (Å²) in [5, 5.41) is 0. The van der Waals surface area contributed by atoms with Crippen LogP contribution in [-0.2, 0) is 5.54 Å². The Kier molecular flexibility index (Phi) is 3.06. The molecule has 4 heteroatoms. The zero-order valence-corrected chi connectivity index (χ0v) is 9.92. The predicted molar refractivity (Wildman–Crippen MR) is 65.7 cm³/mol. The van der Waals surface area contributed by atoms with E-state index >= 15 is 0 Å². The van der Waals surface area contributed by atoms with Crippen molar-refractivity contribution in [3.8, 4) is 5.75 Å². The van der Waals surface area contributed by atoms with Crippen LogP contribution in [0.4, 0.5) is 0 Å². The highest BCUT2D eigenvalue weighted by Gasteiger charge is 2.24. The smallest absolute Gasteiger partial charge is 0.118 e. The number of hydrogen-bond acceptors (Lipinski definition) is 4. The molecule has 1 aromatic carbocycles. The van der Waals surface area contributed by atoms with E-state index in [1.54, 1.807) is 19.5 Å². The number of hydrogen-bond donors (Lipinski definition) is 1. The topological polar surface area (TPSA) is 61.0 Å². The highest BCUT2D eigenvalue weighted by Crippen LogP contribution is 2.26. The molecule has 2 N–H and O–H groups in total. The number of ether oxygens (including phenoxy) is 1. The Hall–Kier alpha value is -1.94. The molecule has 0 aliphatic rings. The SMILES string of the molecule is COc1ccc(C(C)(N)c2cncnc2)cc1. The Morgan fingerprint density at radius 3 is 2.18 bits per heavy atom. The summed E-state index contributed by atoms with van der Waals surface area (Å²) in [6.07, 6.45) is 4.96. The molecule has 0 fully saturated rings. The lowest BCUT2D eigenvalue weighted by molar-refractivity contribution is 0.414. The average molecular weight is 229 g/mol. The Balaban J connectivity index is 2.37. The van der Waals surface area contributed by atoms with Crippen LogP contribution >= 0.6 is 0 Å². The second kappa shape index (κ2) is 4.51. The summed E-state index contributed by atoms with van der Waals surface area (Å²) in [6, 6.07) is 7.69. The predicted octanol–water partition coefficient (Wildman–Crippen LogP) is 1.71. The van der Waals surface area contributed by atoms with Gasteiger partial charge in [-0.05, 0) is 24.6 Å². The van der Waals surface area contributed by atoms with Gasteiger partial charge in [0.05, 0.1) is 12.6 Å². The second-order valence-electron chi connectivity index (χ2n) is 4.06. The molecule has 1 aromatic heterocycles. The molecule has 2 aromatic rings. The molecule has 0 aliphatic heterocycles. The number of aromatic nitrogens is 2. The summed E-state index contributed by atoms with van der Waals surface area (Å²) >= 11 is 0. The summed E-state index contributed by atoms with van der Waals surface area (Å²) < 4.78 is 5.12. The van der Waals surface area contributed by atoms with Crippen molar-refractivity contribution < 1.29 is 4.74 Å². The van der Waals surface area contributed by atoms with Gasteiger partial charge in [-0.25, -0.2) is 9.97 Å². The monoisotopic (exact) mass is 229 g/mol. The van der Waals surface area contributed by atoms with Crippen LogP contribution in [0.1, 0.15) is 18.1 Å². The number of benzene rings is 1. The van der Waals surface area contributed by atoms with E-state index in [0.29, 0.717) is 0 Å². The van der Waals surface area contributed by atoms with Crippen LogP contribution in [0.5, 0.6) is 5.75 Å². The molecule has 1 unspecified atom stereocenters. The van der Waals surface area contributed by atoms with Crippen molar-refractivity contribution in [3.05, 3.63) is 54.1 Å². The molecule has 0 saturated carbocycles. The Morgan fingerprint density at radius 1 is 1.06 bits per heavy atom. The first-order valence-corrected chi connectivity index (χ1v) is 5.33. The summed E-state index contributed by atoms with van der Waals surface area (Å²) in [4.78, 5) is 7.99. The van der Waals surface area contributed by atoms with Gasteiger partial charge in [-0.2, -0.15) is 0 Å². The number of methoxy groups -OCH3 is 1. The van der Waals surface area contributed by atoms with E-state index in [9.17, 15) is 0 Å². The molecule has 1 heterocycles. The molecule has 0 radical (unpaired) electrons. The van der Waals surface area contributed by atoms with E-state index in [2.05, 4.69) is 9.97 Å². The van der Waals surface area contributed by atoms with E-state index in [0.717, 1.165) is 16.9 Å². The fraction of sp³-hybridized carbons (Fsp3) is 0.231. The third-order valence-corrected chi connectivity index (χ3v) is 2.85. The van der Waals surface area contributed by atoms with Crippen LogP contribution in [-0.4, -0.2) is 17.1 Å². The molecule has 0 aliphatic carbocycles. The van der Waals surface area contributed by atoms with Crippen LogP contribution in [0.2, 0.25) is 0 Å². The zero-order valence-electron chi connectivity index (χ0n) is 9.92. The maximum absolute atomic E-state index is 6.33. The Morgan fingerprint density at radius 2 is 1.65 bits per heavy atom. The fourth-order valence-electron chi connectivity index (χ4n) is 1.67. The minimum atomic E-state index is -0.604. The maximum Gasteiger partial charge on any atom is 0.118 e. The van der Waals surface area contributed by atoms with E-state index in [1.165, 1.54) is 6.33 Å². The highest BCUT2D eigenvalue weighted by atomic mass is 16.5. The average Bonchev–Trinajstić information content (AvgIpc) is 2.40. The van der Waals surface area contributed by atoms with Gasteiger partial charge >= 0.3 is 0 Å². The van der Waals surface area contributed by atoms with Crippen molar-refractivity contribution in [2.24, 2.45) is 5.73 Å². The number of nitrogens with zero attached hydrogens (tertiary/aromatic N) is 2. The van der Waals surface area contributed by atoms with Gasteiger partial charge in [0.25, 0.3) is 0 Å². The molecule has 0 saturated heterocycles. The molecule has 4 nitrogen and oxygen atoms in total. The van der Waals surface area contributed by atoms with Gasteiger partial charge in [0.1, 0.15) is 12.1 Å². The van der Waals surface area contributed by atoms with Gasteiger partial charge in [0, 0.05) is 18.0 Å². The maximum atomic E-state index is 6.33. The zero-order chi connectivity index (χ0) is 12.3. The lowest BCUT2D eigenvalue weighted by Crippen LogP contribution is -2.34. The molecular weight excluding hydrogens is 214 g/mol. The summed E-state index contributed by atoms with van der Waals surface area (Å²) in [7, 11) is 1.64. The van der Waals surface area contributed by atoms with Gasteiger partial charge in [0.15, 0.2) is 0 Å². The van der Waals surface area contributed by atoms with Crippen molar-refractivity contribution in [2.75, 3.05) is 7.11 Å². The molecule has 0 bridgehead atoms. The first-order chi connectivity index (χ1) is 8.14. The summed E-state index contributed by atoms with van der Waals surface area (Å²) in [5.41, 5.74) is 7.60. The second-order valence-corrected chi connectivity index (χ2v) is 4.06. The van der Waals surface area contributed by atoms with Crippen LogP contribution < -0.4 is 10.5 Å². The first kappa shape index (κ1) is 11.5. The van der Waals surface area contributed by atoms with E-state index in [4.69, 9.17) is 10.5 Å². The normalized spacial score (nSPS) is 14.1. The molecule has 1 atom stereocenters. The third kappa shape index (κ3) is 2.26. The number of rotatable bonds is 3. The first-order valence-electron chi connectivity index (χ1n) is 5.33. The van der Waals surface area contributed by atoms with Gasteiger partial charge < -0.3 is 10.5 Å². The van der Waals surface area contributed by atoms with Gasteiger partial charge in [-0.15, -0.1) is 0 Å². The molecule has 0 spiro atoms. The summed E-state index contributed by atoms with van der Waals surface area (Å²) in [5.74, 6) is 0.814. The molecule has 88 valence electrons. The molecule has 0 amide bonds. The third-order valence-electron chi connectivity index (χ3n) is 2.85. The van der Waals surface area contributed by atoms with E-state index in [1.807, 2.05) is 31.2 Å². The van der Waals surface area contributed by atoms with Crippen molar-refractivity contribution in [2.45, 2.75) is 12.5 Å². The minimum Gasteiger partial charge on any atom is -0.497 e. The quantitative estimate of drug-likeness (QED) is 0.870. The Bertz CT molecular complexity index is 480. The largest absolute Gasteiger partial charge is 0.497 e. The molecular formula is C13H15N3O. The lowest BCUT2D eigenvalue weighted by Gasteiger charge is -2.25. The summed E-state index contributed by atoms with van der Waals surface area (Å²) in [6.45, 7) is 1.94. The van der Waals surface area contributed by atoms with Crippen molar-refractivity contribution >= 4 is 0 Å². The standard InChI is InChI=1S/C13H15N3O/c1-13(14,11-7-15-9-16-8-11)10-3-5-12(17-2)6-4-10/h3-9H,14H2,1-2H3. The van der Waals surface area contributed by atoms with Gasteiger partial charge in [0.2, 0.25) is 0 Å². The van der Waals surface area contributed by atoms with Crippen LogP contribution in [0.3, 0.4) is 0 Å². The Labute approximate surface area is 100 Å². The van der Waals surface area contributed by atoms with E-state index in [-0.39, 0.29) is 0 Å².